The van der Waals surface area contributed by atoms with Gasteiger partial charge in [-0.15, -0.1) is 11.3 Å². The highest BCUT2D eigenvalue weighted by Gasteiger charge is 2.23. The minimum absolute atomic E-state index is 0.720. The molecule has 4 aromatic heterocycles. The summed E-state index contributed by atoms with van der Waals surface area (Å²) in [7, 11) is 0. The highest BCUT2D eigenvalue weighted by molar-refractivity contribution is 7.22. The number of fused-ring (bicyclic) bond motifs is 10. The molecule has 0 saturated heterocycles. The summed E-state index contributed by atoms with van der Waals surface area (Å²) in [6, 6.07) is 64.1. The van der Waals surface area contributed by atoms with Gasteiger partial charge in [0.15, 0.2) is 11.6 Å². The van der Waals surface area contributed by atoms with Gasteiger partial charge in [-0.3, -0.25) is 4.57 Å². The van der Waals surface area contributed by atoms with E-state index in [2.05, 4.69) is 203 Å². The molecule has 8 aromatic carbocycles. The molecule has 286 valence electrons. The average Bonchev–Trinajstić information content (AvgIpc) is 4.01. The van der Waals surface area contributed by atoms with E-state index >= 15 is 0 Å². The van der Waals surface area contributed by atoms with Crippen LogP contribution in [0, 0.1) is 0 Å². The SMILES string of the molecule is C1=CC(c2nc(-n3c4ccc(-c5cccc6c7c8ccccc8ccc7n(-c7ccccc7)c56)cc4c4cc5ccccc5cc43)c3sc(-c4ccccc4)cc3n2)=CCN1. The van der Waals surface area contributed by atoms with E-state index < -0.39 is 0 Å². The number of dihydropyridines is 1. The zero-order valence-electron chi connectivity index (χ0n) is 32.9. The van der Waals surface area contributed by atoms with E-state index in [0.717, 1.165) is 56.3 Å². The molecule has 0 atom stereocenters. The molecule has 5 heterocycles. The zero-order valence-corrected chi connectivity index (χ0v) is 33.7. The number of rotatable bonds is 5. The maximum Gasteiger partial charge on any atom is 0.162 e. The first-order valence-electron chi connectivity index (χ1n) is 20.7. The van der Waals surface area contributed by atoms with Gasteiger partial charge in [0, 0.05) is 49.8 Å². The molecule has 0 unspecified atom stereocenters. The van der Waals surface area contributed by atoms with Crippen LogP contribution in [0.3, 0.4) is 0 Å². The van der Waals surface area contributed by atoms with Crippen molar-refractivity contribution in [1.82, 2.24) is 24.4 Å². The summed E-state index contributed by atoms with van der Waals surface area (Å²) in [6.45, 7) is 0.734. The van der Waals surface area contributed by atoms with Crippen molar-refractivity contribution in [2.24, 2.45) is 0 Å². The number of hydrogen-bond acceptors (Lipinski definition) is 4. The molecule has 13 rings (SSSR count). The summed E-state index contributed by atoms with van der Waals surface area (Å²) < 4.78 is 5.90. The molecule has 0 spiro atoms. The van der Waals surface area contributed by atoms with Crippen molar-refractivity contribution in [3.05, 3.63) is 200 Å². The number of para-hydroxylation sites is 2. The van der Waals surface area contributed by atoms with Crippen LogP contribution in [0.5, 0.6) is 0 Å². The molecule has 5 nitrogen and oxygen atoms in total. The van der Waals surface area contributed by atoms with Crippen LogP contribution in [0.25, 0.3) is 114 Å². The minimum atomic E-state index is 0.720. The molecule has 0 bridgehead atoms. The third kappa shape index (κ3) is 5.26. The second-order valence-corrected chi connectivity index (χ2v) is 16.9. The maximum atomic E-state index is 5.48. The first kappa shape index (κ1) is 34.1. The number of thiophene rings is 1. The van der Waals surface area contributed by atoms with E-state index in [9.17, 15) is 0 Å². The molecular weight excluding hydrogens is 763 g/mol. The van der Waals surface area contributed by atoms with Gasteiger partial charge < -0.3 is 9.88 Å². The van der Waals surface area contributed by atoms with Crippen LogP contribution in [0.1, 0.15) is 5.82 Å². The Hall–Kier alpha value is -7.80. The lowest BCUT2D eigenvalue weighted by atomic mass is 9.98. The van der Waals surface area contributed by atoms with Crippen molar-refractivity contribution in [3.63, 3.8) is 0 Å². The monoisotopic (exact) mass is 797 g/mol. The number of allylic oxidation sites excluding steroid dienone is 2. The quantitative estimate of drug-likeness (QED) is 0.189. The number of aromatic nitrogens is 4. The van der Waals surface area contributed by atoms with Crippen LogP contribution in [-0.2, 0) is 0 Å². The van der Waals surface area contributed by atoms with Crippen molar-refractivity contribution in [1.29, 1.82) is 0 Å². The van der Waals surface area contributed by atoms with Gasteiger partial charge in [0.2, 0.25) is 0 Å². The Kier molecular flexibility index (Phi) is 7.47. The molecule has 1 aliphatic rings. The number of hydrogen-bond donors (Lipinski definition) is 1. The van der Waals surface area contributed by atoms with E-state index in [1.807, 2.05) is 6.20 Å². The van der Waals surface area contributed by atoms with Gasteiger partial charge in [0.25, 0.3) is 0 Å². The summed E-state index contributed by atoms with van der Waals surface area (Å²) >= 11 is 1.76. The zero-order chi connectivity index (χ0) is 40.0. The number of nitrogens with one attached hydrogen (secondary N) is 1. The first-order chi connectivity index (χ1) is 30.2. The summed E-state index contributed by atoms with van der Waals surface area (Å²) in [6.07, 6.45) is 6.22. The minimum Gasteiger partial charge on any atom is -0.387 e. The topological polar surface area (TPSA) is 47.7 Å². The summed E-state index contributed by atoms with van der Waals surface area (Å²) in [4.78, 5) is 11.9. The van der Waals surface area contributed by atoms with Crippen LogP contribution in [-0.4, -0.2) is 25.6 Å². The van der Waals surface area contributed by atoms with Crippen molar-refractivity contribution in [3.8, 4) is 33.1 Å². The Bertz CT molecular complexity index is 3810. The fraction of sp³-hybridized carbons (Fsp3) is 0.0182. The van der Waals surface area contributed by atoms with Gasteiger partial charge >= 0.3 is 0 Å². The van der Waals surface area contributed by atoms with Crippen LogP contribution >= 0.6 is 11.3 Å². The normalized spacial score (nSPS) is 13.0. The second kappa shape index (κ2) is 13.4. The molecule has 0 aliphatic carbocycles. The summed E-state index contributed by atoms with van der Waals surface area (Å²) in [5.74, 6) is 1.61. The summed E-state index contributed by atoms with van der Waals surface area (Å²) in [5.41, 5.74) is 11.2. The lowest BCUT2D eigenvalue weighted by molar-refractivity contribution is 0.968. The van der Waals surface area contributed by atoms with Crippen LogP contribution in [0.2, 0.25) is 0 Å². The van der Waals surface area contributed by atoms with Gasteiger partial charge in [-0.1, -0.05) is 133 Å². The molecule has 0 fully saturated rings. The summed E-state index contributed by atoms with van der Waals surface area (Å²) in [5, 5.41) is 13.1. The van der Waals surface area contributed by atoms with Crippen LogP contribution in [0.4, 0.5) is 0 Å². The fourth-order valence-electron chi connectivity index (χ4n) is 9.58. The lowest BCUT2D eigenvalue weighted by Crippen LogP contribution is -2.10. The average molecular weight is 798 g/mol. The standard InChI is InChI=1S/C55H35N5S/c1-3-13-35(14-4-1)50-33-46-53(61-50)55(58-54(57-46)36-26-28-56-29-27-36)60-47-24-23-39(31-44(47)45-30-37-15-7-8-16-38(37)32-49(45)60)42-20-11-21-43-51-41-19-10-9-12-34(41)22-25-48(51)59(52(42)43)40-17-5-2-6-18-40/h1-28,30-33,56H,29H2. The second-order valence-electron chi connectivity index (χ2n) is 15.8. The van der Waals surface area contributed by atoms with Crippen LogP contribution in [0.15, 0.2) is 194 Å². The third-order valence-electron chi connectivity index (χ3n) is 12.3. The molecule has 0 saturated carbocycles. The van der Waals surface area contributed by atoms with Gasteiger partial charge in [0.1, 0.15) is 0 Å². The molecule has 12 aromatic rings. The maximum absolute atomic E-state index is 5.48. The highest BCUT2D eigenvalue weighted by atomic mass is 32.1. The van der Waals surface area contributed by atoms with Gasteiger partial charge in [-0.05, 0) is 93.5 Å². The molecule has 6 heteroatoms. The predicted molar refractivity (Wildman–Crippen MR) is 257 cm³/mol. The molecule has 61 heavy (non-hydrogen) atoms. The van der Waals surface area contributed by atoms with Gasteiger partial charge in [-0.25, -0.2) is 9.97 Å². The fourth-order valence-corrected chi connectivity index (χ4v) is 10.7. The van der Waals surface area contributed by atoms with E-state index in [0.29, 0.717) is 0 Å². The Balaban J connectivity index is 1.12. The Labute approximate surface area is 354 Å². The van der Waals surface area contributed by atoms with E-state index in [-0.39, 0.29) is 0 Å². The number of nitrogens with zero attached hydrogens (tertiary/aromatic N) is 4. The largest absolute Gasteiger partial charge is 0.387 e. The predicted octanol–water partition coefficient (Wildman–Crippen LogP) is 14.0. The van der Waals surface area contributed by atoms with Gasteiger partial charge in [-0.2, -0.15) is 0 Å². The lowest BCUT2D eigenvalue weighted by Gasteiger charge is -2.13. The molecule has 0 amide bonds. The molecule has 1 N–H and O–H groups in total. The van der Waals surface area contributed by atoms with Crippen LogP contribution < -0.4 is 5.32 Å². The van der Waals surface area contributed by atoms with Crippen molar-refractivity contribution in [2.75, 3.05) is 6.54 Å². The molecule has 0 radical (unpaired) electrons. The van der Waals surface area contributed by atoms with Crippen molar-refractivity contribution < 1.29 is 0 Å². The highest BCUT2D eigenvalue weighted by Crippen LogP contribution is 2.45. The Morgan fingerprint density at radius 1 is 0.525 bits per heavy atom. The molecule has 1 aliphatic heterocycles. The van der Waals surface area contributed by atoms with Crippen molar-refractivity contribution >= 4 is 92.3 Å². The number of benzene rings is 8. The van der Waals surface area contributed by atoms with Crippen molar-refractivity contribution in [2.45, 2.75) is 0 Å². The Morgan fingerprint density at radius 3 is 2.10 bits per heavy atom. The van der Waals surface area contributed by atoms with E-state index in [1.165, 1.54) is 70.1 Å². The Morgan fingerprint density at radius 2 is 1.26 bits per heavy atom. The van der Waals surface area contributed by atoms with Gasteiger partial charge in [0.05, 0.1) is 32.3 Å². The third-order valence-corrected chi connectivity index (χ3v) is 13.5. The first-order valence-corrected chi connectivity index (χ1v) is 21.5. The van der Waals surface area contributed by atoms with E-state index in [4.69, 9.17) is 9.97 Å². The molecular formula is C55H35N5S. The van der Waals surface area contributed by atoms with E-state index in [1.54, 1.807) is 11.3 Å². The smallest absolute Gasteiger partial charge is 0.162 e.